The summed E-state index contributed by atoms with van der Waals surface area (Å²) >= 11 is 1.22. The molecule has 158 valence electrons. The number of nitrogen functional groups attached to an aromatic ring is 1. The molecule has 0 radical (unpaired) electrons. The number of carbonyl (C=O) groups excluding carboxylic acids is 1. The number of halogens is 2. The van der Waals surface area contributed by atoms with Gasteiger partial charge in [0.2, 0.25) is 11.1 Å². The summed E-state index contributed by atoms with van der Waals surface area (Å²) in [5.74, 6) is 7.48. The molecule has 0 aliphatic heterocycles. The van der Waals surface area contributed by atoms with Crippen LogP contribution in [0.3, 0.4) is 0 Å². The van der Waals surface area contributed by atoms with Crippen LogP contribution in [0.5, 0.6) is 5.75 Å². The van der Waals surface area contributed by atoms with Gasteiger partial charge in [0.1, 0.15) is 5.75 Å². The van der Waals surface area contributed by atoms with Crippen LogP contribution in [0.1, 0.15) is 32.6 Å². The maximum absolute atomic E-state index is 12.5. The van der Waals surface area contributed by atoms with Gasteiger partial charge in [0.25, 0.3) is 0 Å². The number of carbonyl (C=O) groups is 1. The Balaban J connectivity index is 1.58. The van der Waals surface area contributed by atoms with Crippen molar-refractivity contribution in [1.82, 2.24) is 19.8 Å². The number of ether oxygens (including phenoxy) is 1. The zero-order valence-corrected chi connectivity index (χ0v) is 17.2. The molecule has 7 nitrogen and oxygen atoms in total. The van der Waals surface area contributed by atoms with Gasteiger partial charge in [-0.25, -0.2) is 4.68 Å². The SMILES string of the molecule is CC1CCC(N(C)C(=O)CSc2nnc(-c3ccc(OC(F)F)cc3)n2N)CC1. The third kappa shape index (κ3) is 5.37. The summed E-state index contributed by atoms with van der Waals surface area (Å²) < 4.78 is 30.1. The van der Waals surface area contributed by atoms with Gasteiger partial charge in [-0.1, -0.05) is 18.7 Å². The van der Waals surface area contributed by atoms with Gasteiger partial charge < -0.3 is 15.5 Å². The van der Waals surface area contributed by atoms with Crippen LogP contribution in [0.2, 0.25) is 0 Å². The summed E-state index contributed by atoms with van der Waals surface area (Å²) in [5.41, 5.74) is 0.605. The van der Waals surface area contributed by atoms with Gasteiger partial charge in [-0.2, -0.15) is 8.78 Å². The number of hydrogen-bond acceptors (Lipinski definition) is 6. The predicted octanol–water partition coefficient (Wildman–Crippen LogP) is 3.39. The molecule has 1 fully saturated rings. The second-order valence-electron chi connectivity index (χ2n) is 7.29. The average molecular weight is 426 g/mol. The maximum atomic E-state index is 12.5. The number of rotatable bonds is 7. The van der Waals surface area contributed by atoms with Crippen molar-refractivity contribution in [1.29, 1.82) is 0 Å². The van der Waals surface area contributed by atoms with Crippen molar-refractivity contribution in [3.8, 4) is 17.1 Å². The number of hydrogen-bond donors (Lipinski definition) is 1. The van der Waals surface area contributed by atoms with Gasteiger partial charge >= 0.3 is 6.61 Å². The van der Waals surface area contributed by atoms with Crippen LogP contribution in [-0.2, 0) is 4.79 Å². The van der Waals surface area contributed by atoms with Gasteiger partial charge in [-0.3, -0.25) is 4.79 Å². The Hall–Kier alpha value is -2.36. The first-order valence-electron chi connectivity index (χ1n) is 9.49. The molecule has 10 heteroatoms. The van der Waals surface area contributed by atoms with Gasteiger partial charge in [0, 0.05) is 18.7 Å². The number of amides is 1. The van der Waals surface area contributed by atoms with Crippen LogP contribution in [0.4, 0.5) is 8.78 Å². The number of benzene rings is 1. The number of alkyl halides is 2. The van der Waals surface area contributed by atoms with Crippen molar-refractivity contribution in [2.45, 2.75) is 50.4 Å². The lowest BCUT2D eigenvalue weighted by Crippen LogP contribution is -2.40. The van der Waals surface area contributed by atoms with Crippen molar-refractivity contribution < 1.29 is 18.3 Å². The maximum Gasteiger partial charge on any atom is 0.387 e. The van der Waals surface area contributed by atoms with Crippen LogP contribution in [0.25, 0.3) is 11.4 Å². The van der Waals surface area contributed by atoms with Crippen LogP contribution in [-0.4, -0.2) is 51.1 Å². The Morgan fingerprint density at radius 2 is 1.93 bits per heavy atom. The molecule has 29 heavy (non-hydrogen) atoms. The molecule has 1 aromatic heterocycles. The van der Waals surface area contributed by atoms with Crippen LogP contribution in [0, 0.1) is 5.92 Å². The van der Waals surface area contributed by atoms with Crippen molar-refractivity contribution >= 4 is 17.7 Å². The zero-order chi connectivity index (χ0) is 21.0. The van der Waals surface area contributed by atoms with E-state index in [9.17, 15) is 13.6 Å². The third-order valence-corrected chi connectivity index (χ3v) is 6.18. The largest absolute Gasteiger partial charge is 0.435 e. The Bertz CT molecular complexity index is 823. The number of thioether (sulfide) groups is 1. The molecule has 2 N–H and O–H groups in total. The Labute approximate surface area is 172 Å². The van der Waals surface area contributed by atoms with Crippen molar-refractivity contribution in [2.24, 2.45) is 5.92 Å². The van der Waals surface area contributed by atoms with Gasteiger partial charge in [-0.05, 0) is 55.9 Å². The fourth-order valence-electron chi connectivity index (χ4n) is 3.42. The monoisotopic (exact) mass is 425 g/mol. The first kappa shape index (κ1) is 21.4. The Morgan fingerprint density at radius 3 is 2.55 bits per heavy atom. The molecule has 1 aromatic carbocycles. The minimum absolute atomic E-state index is 0.0348. The number of nitrogens with zero attached hydrogens (tertiary/aromatic N) is 4. The summed E-state index contributed by atoms with van der Waals surface area (Å²) in [6.45, 7) is -0.631. The summed E-state index contributed by atoms with van der Waals surface area (Å²) in [6.07, 6.45) is 4.38. The molecule has 1 amide bonds. The van der Waals surface area contributed by atoms with Crippen molar-refractivity contribution in [3.05, 3.63) is 24.3 Å². The van der Waals surface area contributed by atoms with Gasteiger partial charge in [0.15, 0.2) is 5.82 Å². The highest BCUT2D eigenvalue weighted by molar-refractivity contribution is 7.99. The lowest BCUT2D eigenvalue weighted by molar-refractivity contribution is -0.129. The highest BCUT2D eigenvalue weighted by Gasteiger charge is 2.25. The summed E-state index contributed by atoms with van der Waals surface area (Å²) in [4.78, 5) is 14.4. The molecule has 0 atom stereocenters. The first-order chi connectivity index (χ1) is 13.8. The van der Waals surface area contributed by atoms with Crippen LogP contribution >= 0.6 is 11.8 Å². The molecule has 1 aliphatic rings. The fourth-order valence-corrected chi connectivity index (χ4v) is 4.20. The molecule has 1 heterocycles. The van der Waals surface area contributed by atoms with E-state index in [1.54, 1.807) is 12.1 Å². The molecule has 0 saturated heterocycles. The van der Waals surface area contributed by atoms with Gasteiger partial charge in [-0.15, -0.1) is 10.2 Å². The van der Waals surface area contributed by atoms with E-state index in [4.69, 9.17) is 5.84 Å². The quantitative estimate of drug-likeness (QED) is 0.541. The Kier molecular flexibility index (Phi) is 6.94. The summed E-state index contributed by atoms with van der Waals surface area (Å²) in [6, 6.07) is 6.25. The molecular weight excluding hydrogens is 400 g/mol. The number of aromatic nitrogens is 3. The standard InChI is InChI=1S/C19H25F2N5O2S/c1-12-3-7-14(8-4-12)25(2)16(27)11-29-19-24-23-17(26(19)22)13-5-9-15(10-6-13)28-18(20)21/h5-6,9-10,12,14,18H,3-4,7-8,11,22H2,1-2H3. The second kappa shape index (κ2) is 9.43. The summed E-state index contributed by atoms with van der Waals surface area (Å²) in [7, 11) is 1.85. The molecule has 1 aliphatic carbocycles. The lowest BCUT2D eigenvalue weighted by Gasteiger charge is -2.33. The molecule has 0 bridgehead atoms. The zero-order valence-electron chi connectivity index (χ0n) is 16.4. The first-order valence-corrected chi connectivity index (χ1v) is 10.5. The van der Waals surface area contributed by atoms with E-state index in [-0.39, 0.29) is 17.4 Å². The van der Waals surface area contributed by atoms with E-state index >= 15 is 0 Å². The van der Waals surface area contributed by atoms with Crippen LogP contribution in [0.15, 0.2) is 29.4 Å². The number of nitrogens with two attached hydrogens (primary N) is 1. The molecule has 0 spiro atoms. The predicted molar refractivity (Wildman–Crippen MR) is 107 cm³/mol. The normalized spacial score (nSPS) is 19.3. The molecule has 0 unspecified atom stereocenters. The third-order valence-electron chi connectivity index (χ3n) is 5.25. The van der Waals surface area contributed by atoms with E-state index in [0.717, 1.165) is 31.6 Å². The van der Waals surface area contributed by atoms with E-state index in [2.05, 4.69) is 21.9 Å². The minimum atomic E-state index is -2.88. The molecule has 1 saturated carbocycles. The molecule has 2 aromatic rings. The topological polar surface area (TPSA) is 86.3 Å². The summed E-state index contributed by atoms with van der Waals surface area (Å²) in [5, 5.41) is 8.51. The van der Waals surface area contributed by atoms with Gasteiger partial charge in [0.05, 0.1) is 5.75 Å². The molecular formula is C19H25F2N5O2S. The highest BCUT2D eigenvalue weighted by atomic mass is 32.2. The molecule has 3 rings (SSSR count). The van der Waals surface area contributed by atoms with E-state index < -0.39 is 6.61 Å². The van der Waals surface area contributed by atoms with Crippen molar-refractivity contribution in [2.75, 3.05) is 18.6 Å². The van der Waals surface area contributed by atoms with Crippen LogP contribution < -0.4 is 10.6 Å². The van der Waals surface area contributed by atoms with Crippen molar-refractivity contribution in [3.63, 3.8) is 0 Å². The minimum Gasteiger partial charge on any atom is -0.435 e. The van der Waals surface area contributed by atoms with E-state index in [1.807, 2.05) is 11.9 Å². The smallest absolute Gasteiger partial charge is 0.387 e. The second-order valence-corrected chi connectivity index (χ2v) is 8.23. The van der Waals surface area contributed by atoms with E-state index in [1.165, 1.54) is 28.6 Å². The fraction of sp³-hybridized carbons (Fsp3) is 0.526. The van der Waals surface area contributed by atoms with E-state index in [0.29, 0.717) is 22.6 Å². The average Bonchev–Trinajstić information content (AvgIpc) is 3.07. The highest BCUT2D eigenvalue weighted by Crippen LogP contribution is 2.28. The Morgan fingerprint density at radius 1 is 1.28 bits per heavy atom. The lowest BCUT2D eigenvalue weighted by atomic mass is 9.87.